The van der Waals surface area contributed by atoms with Gasteiger partial charge >= 0.3 is 25.7 Å². The van der Waals surface area contributed by atoms with Crippen molar-refractivity contribution in [3.05, 3.63) is 59.7 Å². The number of hydrogen-bond acceptors (Lipinski definition) is 13. The molecule has 0 heterocycles. The van der Waals surface area contributed by atoms with E-state index in [9.17, 15) is 48.8 Å². The zero-order valence-corrected chi connectivity index (χ0v) is 31.1. The predicted molar refractivity (Wildman–Crippen MR) is 191 cm³/mol. The van der Waals surface area contributed by atoms with Gasteiger partial charge in [-0.15, -0.1) is 0 Å². The van der Waals surface area contributed by atoms with Crippen LogP contribution in [0.2, 0.25) is 0 Å². The molecule has 0 saturated carbocycles. The van der Waals surface area contributed by atoms with Gasteiger partial charge in [-0.2, -0.15) is 0 Å². The molecule has 294 valence electrons. The smallest absolute Gasteiger partial charge is 0.472 e. The minimum Gasteiger partial charge on any atom is -0.497 e. The number of carbonyl (C=O) groups excluding carboxylic acids is 2. The Bertz CT molecular complexity index is 1430. The summed E-state index contributed by atoms with van der Waals surface area (Å²) in [5.41, 5.74) is 1.59. The Labute approximate surface area is 308 Å². The highest BCUT2D eigenvalue weighted by Gasteiger charge is 2.32. The normalized spacial score (nSPS) is 13.4. The highest BCUT2D eigenvalue weighted by molar-refractivity contribution is 7.47. The van der Waals surface area contributed by atoms with Crippen molar-refractivity contribution in [3.63, 3.8) is 0 Å². The summed E-state index contributed by atoms with van der Waals surface area (Å²) in [6.45, 7) is -1.46. The van der Waals surface area contributed by atoms with Gasteiger partial charge in [0.15, 0.2) is 0 Å². The van der Waals surface area contributed by atoms with Crippen molar-refractivity contribution in [3.8, 4) is 11.5 Å². The number of carbonyl (C=O) groups is 5. The number of hydrogen-bond donors (Lipinski definition) is 4. The maximum Gasteiger partial charge on any atom is 0.472 e. The minimum atomic E-state index is -4.76. The molecule has 2 aromatic rings. The number of aldehydes is 2. The van der Waals surface area contributed by atoms with Gasteiger partial charge in [-0.05, 0) is 54.7 Å². The summed E-state index contributed by atoms with van der Waals surface area (Å²) in [7, 11) is -1.59. The van der Waals surface area contributed by atoms with Gasteiger partial charge in [-0.1, -0.05) is 31.2 Å². The van der Waals surface area contributed by atoms with E-state index in [1.54, 1.807) is 14.2 Å². The maximum atomic E-state index is 13.0. The molecule has 2 unspecified atom stereocenters. The van der Waals surface area contributed by atoms with Crippen LogP contribution >= 0.6 is 7.82 Å². The van der Waals surface area contributed by atoms with Crippen molar-refractivity contribution in [1.29, 1.82) is 0 Å². The molecule has 0 aliphatic rings. The predicted octanol–water partition coefficient (Wildman–Crippen LogP) is 2.24. The van der Waals surface area contributed by atoms with Crippen molar-refractivity contribution in [2.75, 3.05) is 79.8 Å². The number of unbranched alkanes of at least 4 members (excludes halogenated alkanes) is 1. The zero-order valence-electron chi connectivity index (χ0n) is 30.2. The molecular weight excluding hydrogens is 717 g/mol. The summed E-state index contributed by atoms with van der Waals surface area (Å²) in [6.07, 6.45) is 2.69. The Morgan fingerprint density at radius 3 is 1.66 bits per heavy atom. The Morgan fingerprint density at radius 2 is 1.23 bits per heavy atom. The molecule has 0 aliphatic heterocycles. The Kier molecular flexibility index (Phi) is 19.3. The molecule has 0 aromatic heterocycles. The van der Waals surface area contributed by atoms with Crippen LogP contribution in [0, 0.1) is 0 Å². The third-order valence-electron chi connectivity index (χ3n) is 8.63. The van der Waals surface area contributed by atoms with Crippen LogP contribution in [0.1, 0.15) is 37.3 Å². The molecule has 0 amide bonds. The number of carboxylic acid groups (broad SMARTS) is 3. The van der Waals surface area contributed by atoms with Gasteiger partial charge in [0.1, 0.15) is 24.1 Å². The standard InChI is InChI=1S/C35H50N3O14P/c1-35(27-6-10-30(49-2)11-7-27,28-8-12-31(50-3)13-9-28)14-4-5-21-51-53(47,48)52-26-29(38(24-33(43)44)25-34(45)46)22-37(23-32(41)42)16-15-36(17-19-39)18-20-40/h6-13,19-20,29H,4-5,14-18,21-26H2,1-3H3,(H,41,42)(H,43,44)(H,45,46)(H,47,48). The van der Waals surface area contributed by atoms with Crippen molar-refractivity contribution >= 4 is 38.3 Å². The first-order valence-corrected chi connectivity index (χ1v) is 18.3. The molecule has 2 aromatic carbocycles. The van der Waals surface area contributed by atoms with Gasteiger partial charge < -0.3 is 39.3 Å². The fourth-order valence-corrected chi connectivity index (χ4v) is 6.56. The van der Waals surface area contributed by atoms with Crippen LogP contribution in [-0.4, -0.2) is 151 Å². The molecule has 0 fully saturated rings. The number of rotatable bonds is 29. The van der Waals surface area contributed by atoms with E-state index in [0.717, 1.165) is 16.0 Å². The van der Waals surface area contributed by atoms with Crippen molar-refractivity contribution in [1.82, 2.24) is 14.7 Å². The SMILES string of the molecule is COc1ccc(C(C)(CCCCOP(=O)(O)OCC(CN(CCN(CC=O)CC=O)CC(=O)O)N(CC(=O)O)CC(=O)O)c2ccc(OC)cc2)cc1. The number of nitrogens with zero attached hydrogens (tertiary/aromatic N) is 3. The van der Waals surface area contributed by atoms with Crippen LogP contribution in [0.15, 0.2) is 48.5 Å². The van der Waals surface area contributed by atoms with E-state index in [4.69, 9.17) is 18.5 Å². The largest absolute Gasteiger partial charge is 0.497 e. The first-order chi connectivity index (χ1) is 25.2. The van der Waals surface area contributed by atoms with Gasteiger partial charge in [0.2, 0.25) is 0 Å². The average molecular weight is 768 g/mol. The Balaban J connectivity index is 2.15. The Hall–Kier alpha value is -4.22. The number of methoxy groups -OCH3 is 2. The monoisotopic (exact) mass is 767 g/mol. The van der Waals surface area contributed by atoms with Crippen LogP contribution in [0.3, 0.4) is 0 Å². The van der Waals surface area contributed by atoms with Crippen LogP contribution < -0.4 is 9.47 Å². The van der Waals surface area contributed by atoms with Gasteiger partial charge in [-0.3, -0.25) is 38.1 Å². The summed E-state index contributed by atoms with van der Waals surface area (Å²) >= 11 is 0. The molecule has 2 atom stereocenters. The summed E-state index contributed by atoms with van der Waals surface area (Å²) < 4.78 is 34.1. The van der Waals surface area contributed by atoms with Crippen LogP contribution in [0.25, 0.3) is 0 Å². The van der Waals surface area contributed by atoms with Gasteiger partial charge in [-0.25, -0.2) is 4.57 Å². The van der Waals surface area contributed by atoms with E-state index >= 15 is 0 Å². The number of phosphoric acid groups is 1. The first kappa shape index (κ1) is 44.9. The lowest BCUT2D eigenvalue weighted by molar-refractivity contribution is -0.144. The summed E-state index contributed by atoms with van der Waals surface area (Å²) in [5.74, 6) is -2.65. The quantitative estimate of drug-likeness (QED) is 0.0528. The summed E-state index contributed by atoms with van der Waals surface area (Å²) in [5, 5.41) is 28.4. The number of aliphatic carboxylic acids is 3. The van der Waals surface area contributed by atoms with Crippen LogP contribution in [0.5, 0.6) is 11.5 Å². The topological polar surface area (TPSA) is 230 Å². The molecule has 0 radical (unpaired) electrons. The molecular formula is C35H50N3O14P. The molecule has 2 rings (SSSR count). The van der Waals surface area contributed by atoms with Gasteiger partial charge in [0.05, 0.1) is 60.2 Å². The van der Waals surface area contributed by atoms with Crippen molar-refractivity contribution in [2.45, 2.75) is 37.6 Å². The number of carboxylic acids is 3. The van der Waals surface area contributed by atoms with Crippen molar-refractivity contribution < 1.29 is 67.3 Å². The van der Waals surface area contributed by atoms with Crippen LogP contribution in [0.4, 0.5) is 0 Å². The second kappa shape index (κ2) is 22.8. The van der Waals surface area contributed by atoms with E-state index in [2.05, 4.69) is 6.92 Å². The van der Waals surface area contributed by atoms with E-state index in [1.165, 1.54) is 9.80 Å². The van der Waals surface area contributed by atoms with Gasteiger partial charge in [0.25, 0.3) is 0 Å². The highest BCUT2D eigenvalue weighted by Crippen LogP contribution is 2.44. The number of benzene rings is 2. The summed E-state index contributed by atoms with van der Waals surface area (Å²) in [4.78, 5) is 71.2. The van der Waals surface area contributed by atoms with E-state index in [-0.39, 0.29) is 39.3 Å². The van der Waals surface area contributed by atoms with E-state index in [1.807, 2.05) is 48.5 Å². The highest BCUT2D eigenvalue weighted by atomic mass is 31.2. The average Bonchev–Trinajstić information content (AvgIpc) is 3.11. The minimum absolute atomic E-state index is 0.0300. The van der Waals surface area contributed by atoms with E-state index < -0.39 is 63.4 Å². The van der Waals surface area contributed by atoms with Crippen molar-refractivity contribution in [2.24, 2.45) is 0 Å². The first-order valence-electron chi connectivity index (χ1n) is 16.8. The maximum absolute atomic E-state index is 13.0. The summed E-state index contributed by atoms with van der Waals surface area (Å²) in [6, 6.07) is 14.2. The van der Waals surface area contributed by atoms with E-state index in [0.29, 0.717) is 43.3 Å². The molecule has 0 bridgehead atoms. The third-order valence-corrected chi connectivity index (χ3v) is 9.61. The molecule has 4 N–H and O–H groups in total. The zero-order chi connectivity index (χ0) is 39.4. The fourth-order valence-electron chi connectivity index (χ4n) is 5.76. The van der Waals surface area contributed by atoms with Crippen LogP contribution in [-0.2, 0) is 43.0 Å². The molecule has 0 aliphatic carbocycles. The lowest BCUT2D eigenvalue weighted by Crippen LogP contribution is -2.52. The number of ether oxygens (including phenoxy) is 2. The lowest BCUT2D eigenvalue weighted by Gasteiger charge is -2.34. The third kappa shape index (κ3) is 16.1. The fraction of sp³-hybridized carbons (Fsp3) is 0.514. The molecule has 0 saturated heterocycles. The molecule has 18 heteroatoms. The lowest BCUT2D eigenvalue weighted by atomic mass is 9.73. The second-order valence-corrected chi connectivity index (χ2v) is 13.9. The Morgan fingerprint density at radius 1 is 0.755 bits per heavy atom. The number of phosphoric ester groups is 1. The van der Waals surface area contributed by atoms with Gasteiger partial charge in [0, 0.05) is 31.1 Å². The molecule has 53 heavy (non-hydrogen) atoms. The molecule has 17 nitrogen and oxygen atoms in total. The molecule has 0 spiro atoms. The second-order valence-electron chi connectivity index (χ2n) is 12.4.